The third kappa shape index (κ3) is 3.35. The lowest BCUT2D eigenvalue weighted by Gasteiger charge is -2.26. The Kier molecular flexibility index (Phi) is 5.89. The maximum absolute atomic E-state index is 5.64. The van der Waals surface area contributed by atoms with E-state index in [1.54, 1.807) is 6.20 Å². The molecule has 0 amide bonds. The van der Waals surface area contributed by atoms with Crippen LogP contribution in [0.1, 0.15) is 25.0 Å². The second-order valence-corrected chi connectivity index (χ2v) is 3.31. The number of pyridine rings is 1. The van der Waals surface area contributed by atoms with Gasteiger partial charge in [0, 0.05) is 5.69 Å². The zero-order chi connectivity index (χ0) is 8.39. The number of hydrogen-bond acceptors (Lipinski definition) is 2. The lowest BCUT2D eigenvalue weighted by molar-refractivity contribution is 0.120. The Hall–Kier alpha value is -0.470. The molecule has 1 saturated carbocycles. The summed E-state index contributed by atoms with van der Waals surface area (Å²) >= 11 is 0. The van der Waals surface area contributed by atoms with Gasteiger partial charge in [-0.2, -0.15) is 0 Å². The zero-order valence-corrected chi connectivity index (χ0v) is 9.74. The van der Waals surface area contributed by atoms with Gasteiger partial charge in [-0.05, 0) is 38.3 Å². The molecule has 0 aromatic carbocycles. The molecule has 1 fully saturated rings. The van der Waals surface area contributed by atoms with Gasteiger partial charge in [0.2, 0.25) is 0 Å². The number of rotatable bonds is 2. The molecular formula is C10H15Cl2NO. The number of ether oxygens (including phenoxy) is 1. The molecule has 0 unspecified atom stereocenters. The molecule has 80 valence electrons. The van der Waals surface area contributed by atoms with Gasteiger partial charge >= 0.3 is 0 Å². The lowest BCUT2D eigenvalue weighted by atomic mass is 9.96. The summed E-state index contributed by atoms with van der Waals surface area (Å²) in [4.78, 5) is 4.17. The van der Waals surface area contributed by atoms with Crippen LogP contribution in [0, 0.1) is 6.92 Å². The number of nitrogens with zero attached hydrogens (tertiary/aromatic N) is 1. The van der Waals surface area contributed by atoms with Gasteiger partial charge in [-0.25, -0.2) is 0 Å². The highest BCUT2D eigenvalue weighted by Crippen LogP contribution is 2.24. The lowest BCUT2D eigenvalue weighted by Crippen LogP contribution is -2.24. The summed E-state index contributed by atoms with van der Waals surface area (Å²) in [6.45, 7) is 1.98. The van der Waals surface area contributed by atoms with Gasteiger partial charge in [0.15, 0.2) is 0 Å². The van der Waals surface area contributed by atoms with Crippen LogP contribution in [0.3, 0.4) is 0 Å². The smallest absolute Gasteiger partial charge is 0.138 e. The fourth-order valence-corrected chi connectivity index (χ4v) is 1.21. The van der Waals surface area contributed by atoms with E-state index in [2.05, 4.69) is 4.98 Å². The minimum Gasteiger partial charge on any atom is -0.489 e. The third-order valence-electron chi connectivity index (χ3n) is 2.24. The summed E-state index contributed by atoms with van der Waals surface area (Å²) in [6, 6.07) is 3.97. The molecule has 14 heavy (non-hydrogen) atoms. The molecule has 0 N–H and O–H groups in total. The molecule has 0 spiro atoms. The predicted molar refractivity (Wildman–Crippen MR) is 61.7 cm³/mol. The van der Waals surface area contributed by atoms with Gasteiger partial charge in [-0.3, -0.25) is 4.98 Å². The van der Waals surface area contributed by atoms with Gasteiger partial charge in [0.1, 0.15) is 5.75 Å². The van der Waals surface area contributed by atoms with Crippen molar-refractivity contribution in [3.05, 3.63) is 24.0 Å². The Morgan fingerprint density at radius 1 is 1.29 bits per heavy atom. The van der Waals surface area contributed by atoms with E-state index < -0.39 is 0 Å². The number of aryl methyl sites for hydroxylation is 1. The van der Waals surface area contributed by atoms with Crippen molar-refractivity contribution in [2.75, 3.05) is 0 Å². The quantitative estimate of drug-likeness (QED) is 0.786. The van der Waals surface area contributed by atoms with Crippen molar-refractivity contribution in [1.82, 2.24) is 4.98 Å². The first-order valence-electron chi connectivity index (χ1n) is 4.44. The minimum atomic E-state index is 0. The summed E-state index contributed by atoms with van der Waals surface area (Å²) in [5, 5.41) is 0. The van der Waals surface area contributed by atoms with Crippen LogP contribution in [0.15, 0.2) is 18.3 Å². The summed E-state index contributed by atoms with van der Waals surface area (Å²) in [7, 11) is 0. The Morgan fingerprint density at radius 2 is 2.00 bits per heavy atom. The van der Waals surface area contributed by atoms with Crippen LogP contribution in [0.25, 0.3) is 0 Å². The predicted octanol–water partition coefficient (Wildman–Crippen LogP) is 3.16. The molecule has 0 aliphatic heterocycles. The highest BCUT2D eigenvalue weighted by Gasteiger charge is 2.18. The van der Waals surface area contributed by atoms with Crippen molar-refractivity contribution in [2.45, 2.75) is 32.3 Å². The van der Waals surface area contributed by atoms with E-state index >= 15 is 0 Å². The summed E-state index contributed by atoms with van der Waals surface area (Å²) in [5.74, 6) is 0.908. The van der Waals surface area contributed by atoms with Crippen LogP contribution in [0.4, 0.5) is 0 Å². The Labute approximate surface area is 96.9 Å². The van der Waals surface area contributed by atoms with E-state index in [4.69, 9.17) is 4.74 Å². The van der Waals surface area contributed by atoms with E-state index in [0.717, 1.165) is 11.4 Å². The molecular weight excluding hydrogens is 221 g/mol. The average molecular weight is 236 g/mol. The van der Waals surface area contributed by atoms with Crippen molar-refractivity contribution < 1.29 is 4.74 Å². The van der Waals surface area contributed by atoms with E-state index in [1.807, 2.05) is 19.1 Å². The van der Waals surface area contributed by atoms with Crippen molar-refractivity contribution in [1.29, 1.82) is 0 Å². The van der Waals surface area contributed by atoms with Gasteiger partial charge in [0.05, 0.1) is 12.3 Å². The fraction of sp³-hybridized carbons (Fsp3) is 0.500. The summed E-state index contributed by atoms with van der Waals surface area (Å²) < 4.78 is 5.64. The molecule has 1 aliphatic carbocycles. The van der Waals surface area contributed by atoms with E-state index in [9.17, 15) is 0 Å². The molecule has 1 heterocycles. The largest absolute Gasteiger partial charge is 0.489 e. The van der Waals surface area contributed by atoms with Crippen molar-refractivity contribution in [3.63, 3.8) is 0 Å². The molecule has 0 saturated heterocycles. The highest BCUT2D eigenvalue weighted by atomic mass is 35.5. The summed E-state index contributed by atoms with van der Waals surface area (Å²) in [6.07, 6.45) is 5.97. The second kappa shape index (κ2) is 6.10. The number of hydrogen-bond donors (Lipinski definition) is 0. The molecule has 0 radical (unpaired) electrons. The third-order valence-corrected chi connectivity index (χ3v) is 2.24. The van der Waals surface area contributed by atoms with E-state index in [-0.39, 0.29) is 24.8 Å². The molecule has 2 nitrogen and oxygen atoms in total. The monoisotopic (exact) mass is 235 g/mol. The normalized spacial score (nSPS) is 14.6. The van der Waals surface area contributed by atoms with Crippen LogP contribution >= 0.6 is 24.8 Å². The molecule has 1 aromatic heterocycles. The first-order valence-corrected chi connectivity index (χ1v) is 4.44. The van der Waals surface area contributed by atoms with Crippen LogP contribution in [0.5, 0.6) is 5.75 Å². The standard InChI is InChI=1S/C10H13NO.2ClH/c1-8-5-6-10(7-11-8)12-9-3-2-4-9;;/h5-7,9H,2-4H2,1H3;2*1H. The zero-order valence-electron chi connectivity index (χ0n) is 8.10. The minimum absolute atomic E-state index is 0. The molecule has 1 aliphatic rings. The van der Waals surface area contributed by atoms with Crippen molar-refractivity contribution in [2.24, 2.45) is 0 Å². The van der Waals surface area contributed by atoms with E-state index in [1.165, 1.54) is 19.3 Å². The fourth-order valence-electron chi connectivity index (χ4n) is 1.21. The van der Waals surface area contributed by atoms with Gasteiger partial charge in [0.25, 0.3) is 0 Å². The molecule has 0 bridgehead atoms. The van der Waals surface area contributed by atoms with E-state index in [0.29, 0.717) is 6.10 Å². The van der Waals surface area contributed by atoms with Gasteiger partial charge < -0.3 is 4.74 Å². The number of halogens is 2. The SMILES string of the molecule is Cc1ccc(OC2CCC2)cn1.Cl.Cl. The summed E-state index contributed by atoms with van der Waals surface area (Å²) in [5.41, 5.74) is 1.04. The average Bonchev–Trinajstić information content (AvgIpc) is 2.00. The van der Waals surface area contributed by atoms with Crippen molar-refractivity contribution >= 4 is 24.8 Å². The first-order chi connectivity index (χ1) is 5.84. The second-order valence-electron chi connectivity index (χ2n) is 3.31. The molecule has 4 heteroatoms. The van der Waals surface area contributed by atoms with Crippen LogP contribution in [-0.4, -0.2) is 11.1 Å². The maximum Gasteiger partial charge on any atom is 0.138 e. The molecule has 1 aromatic rings. The maximum atomic E-state index is 5.64. The Balaban J connectivity index is 0.000000845. The topological polar surface area (TPSA) is 22.1 Å². The van der Waals surface area contributed by atoms with Crippen molar-refractivity contribution in [3.8, 4) is 5.75 Å². The molecule has 0 atom stereocenters. The van der Waals surface area contributed by atoms with Crippen LogP contribution < -0.4 is 4.74 Å². The Bertz CT molecular complexity index is 259. The van der Waals surface area contributed by atoms with Gasteiger partial charge in [-0.1, -0.05) is 0 Å². The Morgan fingerprint density at radius 3 is 2.43 bits per heavy atom. The first kappa shape index (κ1) is 13.5. The van der Waals surface area contributed by atoms with Gasteiger partial charge in [-0.15, -0.1) is 24.8 Å². The van der Waals surface area contributed by atoms with Crippen LogP contribution in [-0.2, 0) is 0 Å². The molecule has 2 rings (SSSR count). The highest BCUT2D eigenvalue weighted by molar-refractivity contribution is 5.85. The number of aromatic nitrogens is 1. The van der Waals surface area contributed by atoms with Crippen LogP contribution in [0.2, 0.25) is 0 Å².